The minimum absolute atomic E-state index is 0.386. The number of rotatable bonds is 5. The van der Waals surface area contributed by atoms with Crippen LogP contribution in [0.2, 0.25) is 0 Å². The number of methoxy groups -OCH3 is 1. The molecule has 0 bridgehead atoms. The van der Waals surface area contributed by atoms with Gasteiger partial charge in [-0.3, -0.25) is 10.3 Å². The molecule has 158 valence electrons. The predicted molar refractivity (Wildman–Crippen MR) is 117 cm³/mol. The third kappa shape index (κ3) is 3.84. The van der Waals surface area contributed by atoms with Crippen molar-refractivity contribution in [1.29, 1.82) is 0 Å². The van der Waals surface area contributed by atoms with Crippen LogP contribution >= 0.6 is 0 Å². The maximum atomic E-state index is 5.57. The van der Waals surface area contributed by atoms with Gasteiger partial charge in [0, 0.05) is 37.9 Å². The zero-order valence-electron chi connectivity index (χ0n) is 17.3. The Kier molecular flexibility index (Phi) is 5.04. The maximum absolute atomic E-state index is 5.57. The Balaban J connectivity index is 1.59. The van der Waals surface area contributed by atoms with Crippen LogP contribution in [0.15, 0.2) is 41.4 Å². The molecule has 5 heterocycles. The van der Waals surface area contributed by atoms with Crippen molar-refractivity contribution in [1.82, 2.24) is 30.2 Å². The fourth-order valence-corrected chi connectivity index (χ4v) is 3.58. The van der Waals surface area contributed by atoms with Crippen LogP contribution in [-0.4, -0.2) is 58.2 Å². The van der Waals surface area contributed by atoms with Crippen LogP contribution in [0, 0.1) is 6.92 Å². The second kappa shape index (κ2) is 8.15. The Hall–Kier alpha value is -3.79. The number of piperazine rings is 1. The van der Waals surface area contributed by atoms with Crippen LogP contribution in [0.3, 0.4) is 0 Å². The van der Waals surface area contributed by atoms with Crippen molar-refractivity contribution in [3.63, 3.8) is 0 Å². The largest absolute Gasteiger partial charge is 0.494 e. The van der Waals surface area contributed by atoms with E-state index in [2.05, 4.69) is 30.5 Å². The molecule has 0 radical (unpaired) electrons. The zero-order valence-corrected chi connectivity index (χ0v) is 17.3. The monoisotopic (exact) mass is 418 g/mol. The van der Waals surface area contributed by atoms with Crippen LogP contribution in [0.25, 0.3) is 22.3 Å². The fourth-order valence-electron chi connectivity index (χ4n) is 3.58. The number of anilines is 3. The highest BCUT2D eigenvalue weighted by atomic mass is 16.5. The molecule has 4 aromatic heterocycles. The number of ether oxygens (including phenoxy) is 1. The van der Waals surface area contributed by atoms with Crippen molar-refractivity contribution in [2.45, 2.75) is 6.92 Å². The number of aromatic nitrogens is 5. The molecule has 0 atom stereocenters. The number of oxazole rings is 1. The molecule has 10 nitrogen and oxygen atoms in total. The molecule has 1 fully saturated rings. The predicted octanol–water partition coefficient (Wildman–Crippen LogP) is 2.55. The Bertz CT molecular complexity index is 1220. The lowest BCUT2D eigenvalue weighted by atomic mass is 10.2. The minimum atomic E-state index is 0.386. The average molecular weight is 418 g/mol. The van der Waals surface area contributed by atoms with Gasteiger partial charge in [-0.1, -0.05) is 0 Å². The Labute approximate surface area is 178 Å². The van der Waals surface area contributed by atoms with Gasteiger partial charge in [-0.2, -0.15) is 4.98 Å². The van der Waals surface area contributed by atoms with Crippen LogP contribution in [-0.2, 0) is 0 Å². The van der Waals surface area contributed by atoms with Gasteiger partial charge in [-0.25, -0.2) is 15.0 Å². The number of pyridine rings is 2. The second-order valence-corrected chi connectivity index (χ2v) is 7.19. The topological polar surface area (TPSA) is 114 Å². The van der Waals surface area contributed by atoms with Crippen molar-refractivity contribution in [3.8, 4) is 17.1 Å². The van der Waals surface area contributed by atoms with E-state index in [1.807, 2.05) is 19.1 Å². The van der Waals surface area contributed by atoms with Crippen LogP contribution in [0.4, 0.5) is 17.7 Å². The van der Waals surface area contributed by atoms with Gasteiger partial charge >= 0.3 is 0 Å². The summed E-state index contributed by atoms with van der Waals surface area (Å²) in [6.45, 7) is 5.36. The summed E-state index contributed by atoms with van der Waals surface area (Å²) in [5.41, 5.74) is 2.34. The summed E-state index contributed by atoms with van der Waals surface area (Å²) >= 11 is 0. The van der Waals surface area contributed by atoms with Gasteiger partial charge in [-0.15, -0.1) is 0 Å². The molecule has 31 heavy (non-hydrogen) atoms. The van der Waals surface area contributed by atoms with Gasteiger partial charge in [-0.05, 0) is 19.1 Å². The van der Waals surface area contributed by atoms with Gasteiger partial charge < -0.3 is 19.4 Å². The van der Waals surface area contributed by atoms with Gasteiger partial charge in [0.15, 0.2) is 5.82 Å². The molecule has 1 aliphatic heterocycles. The van der Waals surface area contributed by atoms with Crippen molar-refractivity contribution in [3.05, 3.63) is 42.7 Å². The fraction of sp³-hybridized carbons (Fsp3) is 0.286. The number of fused-ring (bicyclic) bond motifs is 1. The molecule has 0 saturated carbocycles. The SMILES string of the molecule is COc1cncc2nc(-c3ccnc(Nc4nc(C)co4)c3)nc(N3CCNCC3)c12. The van der Waals surface area contributed by atoms with Crippen LogP contribution in [0.5, 0.6) is 5.75 Å². The normalized spacial score (nSPS) is 14.1. The van der Waals surface area contributed by atoms with Crippen LogP contribution < -0.4 is 20.3 Å². The molecule has 0 aliphatic carbocycles. The van der Waals surface area contributed by atoms with Crippen molar-refractivity contribution in [2.75, 3.05) is 43.5 Å². The van der Waals surface area contributed by atoms with E-state index in [1.54, 1.807) is 32.0 Å². The summed E-state index contributed by atoms with van der Waals surface area (Å²) in [7, 11) is 1.64. The lowest BCUT2D eigenvalue weighted by Crippen LogP contribution is -2.44. The molecule has 0 spiro atoms. The summed E-state index contributed by atoms with van der Waals surface area (Å²) in [6, 6.07) is 4.13. The lowest BCUT2D eigenvalue weighted by Gasteiger charge is -2.29. The zero-order chi connectivity index (χ0) is 21.2. The second-order valence-electron chi connectivity index (χ2n) is 7.19. The number of aryl methyl sites for hydroxylation is 1. The Morgan fingerprint density at radius 1 is 1.16 bits per heavy atom. The first kappa shape index (κ1) is 19.2. The summed E-state index contributed by atoms with van der Waals surface area (Å²) in [5, 5.41) is 7.32. The molecule has 0 unspecified atom stereocenters. The van der Waals surface area contributed by atoms with E-state index in [0.29, 0.717) is 23.4 Å². The molecule has 2 N–H and O–H groups in total. The van der Waals surface area contributed by atoms with E-state index >= 15 is 0 Å². The molecular weight excluding hydrogens is 396 g/mol. The van der Waals surface area contributed by atoms with E-state index in [1.165, 1.54) is 0 Å². The third-order valence-electron chi connectivity index (χ3n) is 5.06. The van der Waals surface area contributed by atoms with Gasteiger partial charge in [0.05, 0.1) is 36.1 Å². The summed E-state index contributed by atoms with van der Waals surface area (Å²) in [4.78, 5) is 24.9. The van der Waals surface area contributed by atoms with E-state index in [4.69, 9.17) is 19.1 Å². The smallest absolute Gasteiger partial charge is 0.300 e. The Morgan fingerprint density at radius 2 is 2.03 bits per heavy atom. The summed E-state index contributed by atoms with van der Waals surface area (Å²) < 4.78 is 10.9. The molecule has 0 aromatic carbocycles. The van der Waals surface area contributed by atoms with Crippen molar-refractivity contribution >= 4 is 28.6 Å². The highest BCUT2D eigenvalue weighted by Gasteiger charge is 2.20. The van der Waals surface area contributed by atoms with Crippen LogP contribution in [0.1, 0.15) is 5.69 Å². The first-order valence-electron chi connectivity index (χ1n) is 10.0. The standard InChI is InChI=1S/C21H22N8O2/c1-13-12-31-21(25-13)27-17-9-14(3-4-24-17)19-26-15-10-23-11-16(30-2)18(15)20(28-19)29-7-5-22-6-8-29/h3-4,9-12,22H,5-8H2,1-2H3,(H,24,25,27). The molecule has 1 aliphatic rings. The molecule has 0 amide bonds. The first-order valence-corrected chi connectivity index (χ1v) is 10.0. The molecule has 4 aromatic rings. The summed E-state index contributed by atoms with van der Waals surface area (Å²) in [6.07, 6.45) is 6.72. The lowest BCUT2D eigenvalue weighted by molar-refractivity contribution is 0.418. The number of nitrogens with one attached hydrogen (secondary N) is 2. The maximum Gasteiger partial charge on any atom is 0.300 e. The number of nitrogens with zero attached hydrogens (tertiary/aromatic N) is 6. The highest BCUT2D eigenvalue weighted by molar-refractivity contribution is 5.95. The van der Waals surface area contributed by atoms with Gasteiger partial charge in [0.2, 0.25) is 0 Å². The summed E-state index contributed by atoms with van der Waals surface area (Å²) in [5.74, 6) is 2.69. The molecule has 10 heteroatoms. The first-order chi connectivity index (χ1) is 15.2. The highest BCUT2D eigenvalue weighted by Crippen LogP contribution is 2.34. The van der Waals surface area contributed by atoms with E-state index in [-0.39, 0.29) is 0 Å². The minimum Gasteiger partial charge on any atom is -0.494 e. The molecular formula is C21H22N8O2. The molecule has 5 rings (SSSR count). The van der Waals surface area contributed by atoms with E-state index in [0.717, 1.165) is 54.2 Å². The van der Waals surface area contributed by atoms with Gasteiger partial charge in [0.25, 0.3) is 6.01 Å². The number of hydrogen-bond donors (Lipinski definition) is 2. The quantitative estimate of drug-likeness (QED) is 0.501. The average Bonchev–Trinajstić information content (AvgIpc) is 3.23. The third-order valence-corrected chi connectivity index (χ3v) is 5.06. The van der Waals surface area contributed by atoms with Crippen molar-refractivity contribution < 1.29 is 9.15 Å². The van der Waals surface area contributed by atoms with E-state index < -0.39 is 0 Å². The molecule has 1 saturated heterocycles. The van der Waals surface area contributed by atoms with Gasteiger partial charge in [0.1, 0.15) is 23.6 Å². The number of hydrogen-bond acceptors (Lipinski definition) is 10. The van der Waals surface area contributed by atoms with E-state index in [9.17, 15) is 0 Å². The van der Waals surface area contributed by atoms with Crippen molar-refractivity contribution in [2.24, 2.45) is 0 Å². The Morgan fingerprint density at radius 3 is 2.81 bits per heavy atom.